The lowest BCUT2D eigenvalue weighted by Crippen LogP contribution is -2.47. The molecule has 1 saturated heterocycles. The van der Waals surface area contributed by atoms with Gasteiger partial charge in [0.05, 0.1) is 23.7 Å². The molecule has 0 bridgehead atoms. The Morgan fingerprint density at radius 1 is 0.960 bits per heavy atom. The van der Waals surface area contributed by atoms with Gasteiger partial charge in [0.2, 0.25) is 0 Å². The van der Waals surface area contributed by atoms with Gasteiger partial charge >= 0.3 is 6.09 Å². The van der Waals surface area contributed by atoms with Crippen LogP contribution in [0.15, 0.2) is 0 Å². The molecule has 0 spiro atoms. The first-order valence-corrected chi connectivity index (χ1v) is 11.8. The van der Waals surface area contributed by atoms with Crippen LogP contribution in [0.1, 0.15) is 90.9 Å². The van der Waals surface area contributed by atoms with Crippen LogP contribution in [0.25, 0.3) is 0 Å². The number of carbonyl (C=O) groups is 1. The van der Waals surface area contributed by atoms with Crippen molar-refractivity contribution in [3.8, 4) is 0 Å². The Labute approximate surface area is 154 Å². The van der Waals surface area contributed by atoms with Crippen molar-refractivity contribution < 1.29 is 17.9 Å². The Bertz CT molecular complexity index is 478. The molecular weight excluding hydrogens is 338 g/mol. The van der Waals surface area contributed by atoms with Crippen LogP contribution in [0.3, 0.4) is 0 Å². The van der Waals surface area contributed by atoms with Gasteiger partial charge in [0.1, 0.15) is 0 Å². The fraction of sp³-hybridized carbons (Fsp3) is 0.947. The van der Waals surface area contributed by atoms with E-state index in [0.29, 0.717) is 13.0 Å². The van der Waals surface area contributed by atoms with E-state index in [-0.39, 0.29) is 11.5 Å². The largest absolute Gasteiger partial charge is 0.450 e. The summed E-state index contributed by atoms with van der Waals surface area (Å²) >= 11 is 0. The van der Waals surface area contributed by atoms with Crippen LogP contribution in [-0.2, 0) is 14.6 Å². The number of carbonyl (C=O) groups excluding carboxylic acids is 1. The number of alkyl carbamates (subject to hydrolysis) is 1. The summed E-state index contributed by atoms with van der Waals surface area (Å²) in [7, 11) is -3.02. The first-order valence-electron chi connectivity index (χ1n) is 10.0. The van der Waals surface area contributed by atoms with Gasteiger partial charge in [-0.2, -0.15) is 0 Å². The van der Waals surface area contributed by atoms with Crippen molar-refractivity contribution in [2.75, 3.05) is 18.1 Å². The standard InChI is InChI=1S/C19H37NO4S/c1-3-4-5-6-7-8-9-10-11-12-13-15-24-18(21)20-19(2)14-16-25(22,23)17-19/h3-17H2,1-2H3,(H,20,21). The molecule has 0 aromatic rings. The summed E-state index contributed by atoms with van der Waals surface area (Å²) < 4.78 is 28.2. The number of amides is 1. The Balaban J connectivity index is 1.92. The lowest BCUT2D eigenvalue weighted by molar-refractivity contribution is 0.134. The highest BCUT2D eigenvalue weighted by Crippen LogP contribution is 2.22. The van der Waals surface area contributed by atoms with E-state index >= 15 is 0 Å². The van der Waals surface area contributed by atoms with E-state index in [2.05, 4.69) is 12.2 Å². The zero-order valence-corrected chi connectivity index (χ0v) is 17.0. The quantitative estimate of drug-likeness (QED) is 0.477. The molecule has 0 saturated carbocycles. The monoisotopic (exact) mass is 375 g/mol. The third-order valence-corrected chi connectivity index (χ3v) is 6.79. The molecule has 6 heteroatoms. The molecule has 1 fully saturated rings. The van der Waals surface area contributed by atoms with Gasteiger partial charge in [-0.15, -0.1) is 0 Å². The summed E-state index contributed by atoms with van der Waals surface area (Å²) in [5, 5.41) is 2.71. The van der Waals surface area contributed by atoms with Crippen LogP contribution in [0.4, 0.5) is 4.79 Å². The number of unbranched alkanes of at least 4 members (excludes halogenated alkanes) is 10. The minimum Gasteiger partial charge on any atom is -0.450 e. The van der Waals surface area contributed by atoms with E-state index < -0.39 is 21.5 Å². The molecule has 5 nitrogen and oxygen atoms in total. The van der Waals surface area contributed by atoms with E-state index in [1.165, 1.54) is 57.8 Å². The average molecular weight is 376 g/mol. The molecule has 0 radical (unpaired) electrons. The molecule has 1 aliphatic heterocycles. The molecule has 1 N–H and O–H groups in total. The summed E-state index contributed by atoms with van der Waals surface area (Å²) in [6, 6.07) is 0. The fourth-order valence-corrected chi connectivity index (χ4v) is 5.42. The van der Waals surface area contributed by atoms with Crippen molar-refractivity contribution in [2.24, 2.45) is 0 Å². The number of rotatable bonds is 13. The number of sulfone groups is 1. The van der Waals surface area contributed by atoms with E-state index in [9.17, 15) is 13.2 Å². The maximum Gasteiger partial charge on any atom is 0.407 e. The van der Waals surface area contributed by atoms with E-state index in [1.807, 2.05) is 0 Å². The summed E-state index contributed by atoms with van der Waals surface area (Å²) in [6.45, 7) is 4.42. The molecule has 148 valence electrons. The number of ether oxygens (including phenoxy) is 1. The minimum absolute atomic E-state index is 0.00748. The van der Waals surface area contributed by atoms with Gasteiger partial charge in [-0.25, -0.2) is 13.2 Å². The zero-order valence-electron chi connectivity index (χ0n) is 16.1. The molecule has 1 amide bonds. The second kappa shape index (κ2) is 11.8. The fourth-order valence-electron chi connectivity index (χ4n) is 3.32. The predicted molar refractivity (Wildman–Crippen MR) is 103 cm³/mol. The molecule has 1 heterocycles. The van der Waals surface area contributed by atoms with Crippen LogP contribution in [0.5, 0.6) is 0 Å². The highest BCUT2D eigenvalue weighted by Gasteiger charge is 2.39. The normalized spacial score (nSPS) is 22.0. The lowest BCUT2D eigenvalue weighted by atomic mass is 10.0. The Hall–Kier alpha value is -0.780. The summed E-state index contributed by atoms with van der Waals surface area (Å²) in [6.07, 6.45) is 13.8. The number of hydrogen-bond donors (Lipinski definition) is 1. The first-order chi connectivity index (χ1) is 11.9. The third kappa shape index (κ3) is 10.7. The molecule has 1 aliphatic rings. The molecule has 1 unspecified atom stereocenters. The highest BCUT2D eigenvalue weighted by molar-refractivity contribution is 7.91. The van der Waals surface area contributed by atoms with Crippen molar-refractivity contribution in [1.82, 2.24) is 5.32 Å². The van der Waals surface area contributed by atoms with Crippen molar-refractivity contribution in [1.29, 1.82) is 0 Å². The lowest BCUT2D eigenvalue weighted by Gasteiger charge is -2.23. The molecule has 1 atom stereocenters. The summed E-state index contributed by atoms with van der Waals surface area (Å²) in [5.74, 6) is 0.149. The SMILES string of the molecule is CCCCCCCCCCCCCOC(=O)NC1(C)CCS(=O)(=O)C1. The zero-order chi connectivity index (χ0) is 18.6. The van der Waals surface area contributed by atoms with Gasteiger partial charge in [-0.3, -0.25) is 0 Å². The van der Waals surface area contributed by atoms with Gasteiger partial charge in [-0.05, 0) is 19.8 Å². The van der Waals surface area contributed by atoms with Crippen LogP contribution in [-0.4, -0.2) is 38.2 Å². The maximum absolute atomic E-state index is 11.8. The topological polar surface area (TPSA) is 72.5 Å². The van der Waals surface area contributed by atoms with Crippen LogP contribution >= 0.6 is 0 Å². The third-order valence-electron chi connectivity index (χ3n) is 4.89. The maximum atomic E-state index is 11.8. The van der Waals surface area contributed by atoms with Crippen molar-refractivity contribution >= 4 is 15.9 Å². The van der Waals surface area contributed by atoms with Gasteiger partial charge in [-0.1, -0.05) is 71.1 Å². The predicted octanol–water partition coefficient (Wildman–Crippen LogP) is 4.60. The second-order valence-corrected chi connectivity index (χ2v) is 9.88. The van der Waals surface area contributed by atoms with Crippen molar-refractivity contribution in [3.05, 3.63) is 0 Å². The van der Waals surface area contributed by atoms with E-state index in [0.717, 1.165) is 12.8 Å². The van der Waals surface area contributed by atoms with Gasteiger partial charge in [0.25, 0.3) is 0 Å². The second-order valence-electron chi connectivity index (χ2n) is 7.70. The van der Waals surface area contributed by atoms with Crippen LogP contribution in [0, 0.1) is 0 Å². The number of hydrogen-bond acceptors (Lipinski definition) is 4. The van der Waals surface area contributed by atoms with Gasteiger partial charge in [0, 0.05) is 0 Å². The Morgan fingerprint density at radius 2 is 1.48 bits per heavy atom. The molecule has 0 aliphatic carbocycles. The van der Waals surface area contributed by atoms with Gasteiger partial charge < -0.3 is 10.1 Å². The molecule has 25 heavy (non-hydrogen) atoms. The molecule has 1 rings (SSSR count). The van der Waals surface area contributed by atoms with E-state index in [4.69, 9.17) is 4.74 Å². The minimum atomic E-state index is -3.02. The Kier molecular flexibility index (Phi) is 10.5. The molecular formula is C19H37NO4S. The average Bonchev–Trinajstić information content (AvgIpc) is 2.81. The summed E-state index contributed by atoms with van der Waals surface area (Å²) in [5.41, 5.74) is -0.674. The van der Waals surface area contributed by atoms with Crippen LogP contribution < -0.4 is 5.32 Å². The summed E-state index contributed by atoms with van der Waals surface area (Å²) in [4.78, 5) is 11.8. The van der Waals surface area contributed by atoms with Gasteiger partial charge in [0.15, 0.2) is 9.84 Å². The molecule has 0 aromatic carbocycles. The van der Waals surface area contributed by atoms with Crippen LogP contribution in [0.2, 0.25) is 0 Å². The highest BCUT2D eigenvalue weighted by atomic mass is 32.2. The smallest absolute Gasteiger partial charge is 0.407 e. The first kappa shape index (κ1) is 22.3. The van der Waals surface area contributed by atoms with E-state index in [1.54, 1.807) is 6.92 Å². The van der Waals surface area contributed by atoms with Crippen molar-refractivity contribution in [2.45, 2.75) is 96.4 Å². The van der Waals surface area contributed by atoms with Crippen molar-refractivity contribution in [3.63, 3.8) is 0 Å². The Morgan fingerprint density at radius 3 is 1.96 bits per heavy atom. The molecule has 0 aromatic heterocycles. The number of nitrogens with one attached hydrogen (secondary N) is 1.